The second kappa shape index (κ2) is 8.99. The normalized spacial score (nSPS) is 10.3. The van der Waals surface area contributed by atoms with Crippen molar-refractivity contribution in [3.8, 4) is 33.4 Å². The second-order valence-corrected chi connectivity index (χ2v) is 6.88. The molecule has 4 aromatic rings. The zero-order chi connectivity index (χ0) is 17.8. The Morgan fingerprint density at radius 1 is 0.481 bits per heavy atom. The first-order chi connectivity index (χ1) is 12.9. The van der Waals surface area contributed by atoms with E-state index in [4.69, 9.17) is 0 Å². The van der Waals surface area contributed by atoms with E-state index < -0.39 is 0 Å². The average molecular weight is 377 g/mol. The Labute approximate surface area is 173 Å². The smallest absolute Gasteiger partial charge is 0.266 e. The van der Waals surface area contributed by atoms with Gasteiger partial charge in [0.1, 0.15) is 0 Å². The summed E-state index contributed by atoms with van der Waals surface area (Å²) in [5, 5.41) is 0.967. The van der Waals surface area contributed by atoms with Gasteiger partial charge in [0, 0.05) is 17.4 Å². The molecule has 0 heterocycles. The van der Waals surface area contributed by atoms with E-state index in [0.717, 1.165) is 21.9 Å². The third kappa shape index (κ3) is 3.98. The molecule has 27 heavy (non-hydrogen) atoms. The van der Waals surface area contributed by atoms with Crippen LogP contribution in [0, 0.1) is 0 Å². The molecule has 1 nitrogen and oxygen atoms in total. The molecule has 0 fully saturated rings. The highest BCUT2D eigenvalue weighted by Gasteiger charge is 2.17. The Balaban J connectivity index is 0.00000210. The highest BCUT2D eigenvalue weighted by atomic mass is 28.2. The van der Waals surface area contributed by atoms with Gasteiger partial charge < -0.3 is 4.80 Å². The van der Waals surface area contributed by atoms with E-state index >= 15 is 0 Å². The predicted octanol–water partition coefficient (Wildman–Crippen LogP) is 4.54. The minimum atomic E-state index is -0.250. The molecule has 0 aromatic heterocycles. The SMILES string of the molecule is O[Si]c1ccc(-c2ccccc2)c(-c2ccccc2)c1-c1ccccc1.[Al]. The quantitative estimate of drug-likeness (QED) is 0.518. The van der Waals surface area contributed by atoms with Gasteiger partial charge in [-0.2, -0.15) is 0 Å². The Morgan fingerprint density at radius 3 is 1.41 bits per heavy atom. The van der Waals surface area contributed by atoms with Crippen LogP contribution in [-0.2, 0) is 0 Å². The number of rotatable bonds is 4. The third-order valence-electron chi connectivity index (χ3n) is 4.54. The monoisotopic (exact) mass is 377 g/mol. The molecular weight excluding hydrogens is 359 g/mol. The molecule has 0 saturated carbocycles. The topological polar surface area (TPSA) is 20.2 Å². The fraction of sp³-hybridized carbons (Fsp3) is 0. The van der Waals surface area contributed by atoms with Crippen LogP contribution in [0.5, 0.6) is 0 Å². The first kappa shape index (κ1) is 19.4. The molecule has 0 spiro atoms. The van der Waals surface area contributed by atoms with Crippen LogP contribution in [0.4, 0.5) is 0 Å². The summed E-state index contributed by atoms with van der Waals surface area (Å²) in [7, 11) is -0.250. The van der Waals surface area contributed by atoms with Crippen molar-refractivity contribution in [2.24, 2.45) is 0 Å². The van der Waals surface area contributed by atoms with Gasteiger partial charge in [-0.3, -0.25) is 0 Å². The molecule has 127 valence electrons. The van der Waals surface area contributed by atoms with E-state index in [9.17, 15) is 4.80 Å². The van der Waals surface area contributed by atoms with Crippen molar-refractivity contribution in [3.63, 3.8) is 0 Å². The maximum Gasteiger partial charge on any atom is 0.266 e. The lowest BCUT2D eigenvalue weighted by Gasteiger charge is -2.19. The molecule has 3 heteroatoms. The Bertz CT molecular complexity index is 1000. The maximum absolute atomic E-state index is 10.0. The Kier molecular flexibility index (Phi) is 6.44. The lowest BCUT2D eigenvalue weighted by atomic mass is 9.87. The van der Waals surface area contributed by atoms with Crippen molar-refractivity contribution in [1.29, 1.82) is 0 Å². The van der Waals surface area contributed by atoms with Crippen LogP contribution in [-0.4, -0.2) is 31.9 Å². The molecule has 5 radical (unpaired) electrons. The van der Waals surface area contributed by atoms with Crippen LogP contribution >= 0.6 is 0 Å². The van der Waals surface area contributed by atoms with Crippen LogP contribution < -0.4 is 5.19 Å². The largest absolute Gasteiger partial charge is 0.428 e. The number of hydrogen-bond acceptors (Lipinski definition) is 1. The second-order valence-electron chi connectivity index (χ2n) is 6.12. The molecule has 0 aliphatic carbocycles. The lowest BCUT2D eigenvalue weighted by Crippen LogP contribution is -2.18. The molecule has 1 N–H and O–H groups in total. The number of hydrogen-bond donors (Lipinski definition) is 1. The van der Waals surface area contributed by atoms with E-state index in [2.05, 4.69) is 72.8 Å². The van der Waals surface area contributed by atoms with Gasteiger partial charge in [0.15, 0.2) is 0 Å². The van der Waals surface area contributed by atoms with Crippen LogP contribution in [0.3, 0.4) is 0 Å². The fourth-order valence-corrected chi connectivity index (χ4v) is 3.90. The summed E-state index contributed by atoms with van der Waals surface area (Å²) in [6.45, 7) is 0. The van der Waals surface area contributed by atoms with Gasteiger partial charge in [0.05, 0.1) is 0 Å². The fourth-order valence-electron chi connectivity index (χ4n) is 3.36. The molecule has 0 aliphatic rings. The van der Waals surface area contributed by atoms with Gasteiger partial charge in [-0.1, -0.05) is 103 Å². The minimum absolute atomic E-state index is 0. The molecule has 4 aromatic carbocycles. The molecule has 0 saturated heterocycles. The van der Waals surface area contributed by atoms with Gasteiger partial charge in [-0.25, -0.2) is 0 Å². The number of benzene rings is 4. The zero-order valence-electron chi connectivity index (χ0n) is 14.8. The summed E-state index contributed by atoms with van der Waals surface area (Å²) in [4.78, 5) is 10.0. The van der Waals surface area contributed by atoms with E-state index in [1.807, 2.05) is 30.3 Å². The minimum Gasteiger partial charge on any atom is -0.428 e. The van der Waals surface area contributed by atoms with Crippen LogP contribution in [0.2, 0.25) is 0 Å². The molecule has 0 unspecified atom stereocenters. The molecule has 0 amide bonds. The van der Waals surface area contributed by atoms with Gasteiger partial charge in [-0.15, -0.1) is 0 Å². The molecule has 0 bridgehead atoms. The van der Waals surface area contributed by atoms with Crippen molar-refractivity contribution in [2.45, 2.75) is 0 Å². The first-order valence-electron chi connectivity index (χ1n) is 8.62. The van der Waals surface area contributed by atoms with Gasteiger partial charge >= 0.3 is 0 Å². The molecule has 0 aliphatic heterocycles. The summed E-state index contributed by atoms with van der Waals surface area (Å²) >= 11 is 0. The molecular formula is C24H18AlOSi. The van der Waals surface area contributed by atoms with Crippen molar-refractivity contribution >= 4 is 32.3 Å². The standard InChI is InChI=1S/C24H18OSi.Al/c25-26-22-17-16-21(18-10-4-1-5-11-18)23(19-12-6-2-7-13-19)24(22)20-14-8-3-9-15-20;/h1-17,25H;. The van der Waals surface area contributed by atoms with E-state index in [1.54, 1.807) is 0 Å². The van der Waals surface area contributed by atoms with E-state index in [0.29, 0.717) is 0 Å². The Morgan fingerprint density at radius 2 is 0.926 bits per heavy atom. The van der Waals surface area contributed by atoms with E-state index in [-0.39, 0.29) is 27.1 Å². The first-order valence-corrected chi connectivity index (χ1v) is 9.56. The third-order valence-corrected chi connectivity index (χ3v) is 5.19. The maximum atomic E-state index is 10.0. The Hall–Kier alpha value is -2.41. The van der Waals surface area contributed by atoms with Gasteiger partial charge in [-0.05, 0) is 38.6 Å². The predicted molar refractivity (Wildman–Crippen MR) is 116 cm³/mol. The van der Waals surface area contributed by atoms with Gasteiger partial charge in [0.2, 0.25) is 0 Å². The van der Waals surface area contributed by atoms with Crippen LogP contribution in [0.15, 0.2) is 103 Å². The summed E-state index contributed by atoms with van der Waals surface area (Å²) in [6, 6.07) is 35.4. The van der Waals surface area contributed by atoms with Crippen molar-refractivity contribution in [3.05, 3.63) is 103 Å². The lowest BCUT2D eigenvalue weighted by molar-refractivity contribution is 0.615. The van der Waals surface area contributed by atoms with Crippen LogP contribution in [0.25, 0.3) is 33.4 Å². The van der Waals surface area contributed by atoms with Crippen molar-refractivity contribution in [2.75, 3.05) is 0 Å². The zero-order valence-corrected chi connectivity index (χ0v) is 17.0. The summed E-state index contributed by atoms with van der Waals surface area (Å²) in [5.41, 5.74) is 6.92. The van der Waals surface area contributed by atoms with Crippen molar-refractivity contribution in [1.82, 2.24) is 0 Å². The van der Waals surface area contributed by atoms with Crippen LogP contribution in [0.1, 0.15) is 0 Å². The highest BCUT2D eigenvalue weighted by Crippen LogP contribution is 2.38. The van der Waals surface area contributed by atoms with Gasteiger partial charge in [0.25, 0.3) is 9.76 Å². The highest BCUT2D eigenvalue weighted by molar-refractivity contribution is 6.49. The summed E-state index contributed by atoms with van der Waals surface area (Å²) in [5.74, 6) is 0. The van der Waals surface area contributed by atoms with Crippen molar-refractivity contribution < 1.29 is 4.80 Å². The van der Waals surface area contributed by atoms with E-state index in [1.165, 1.54) is 16.7 Å². The summed E-state index contributed by atoms with van der Waals surface area (Å²) < 4.78 is 0. The average Bonchev–Trinajstić information content (AvgIpc) is 2.74. The summed E-state index contributed by atoms with van der Waals surface area (Å²) in [6.07, 6.45) is 0. The molecule has 0 atom stereocenters. The molecule has 4 rings (SSSR count).